The Hall–Kier alpha value is -2.57. The molecule has 38 heavy (non-hydrogen) atoms. The first kappa shape index (κ1) is 31.6. The molecule has 1 aromatic rings. The van der Waals surface area contributed by atoms with E-state index in [4.69, 9.17) is 4.74 Å². The third kappa shape index (κ3) is 10.3. The summed E-state index contributed by atoms with van der Waals surface area (Å²) in [6.07, 6.45) is -6.86. The second-order valence-corrected chi connectivity index (χ2v) is 9.17. The van der Waals surface area contributed by atoms with Crippen molar-refractivity contribution in [1.82, 2.24) is 0 Å². The normalized spacial score (nSPS) is 24.2. The molecule has 0 spiro atoms. The predicted molar refractivity (Wildman–Crippen MR) is 125 cm³/mol. The van der Waals surface area contributed by atoms with E-state index in [-0.39, 0.29) is 37.5 Å². The molecule has 1 aliphatic rings. The van der Waals surface area contributed by atoms with Crippen molar-refractivity contribution in [2.75, 3.05) is 6.61 Å². The number of rotatable bonds is 12. The molecule has 0 heterocycles. The van der Waals surface area contributed by atoms with Gasteiger partial charge in [-0.25, -0.2) is 0 Å². The lowest BCUT2D eigenvalue weighted by molar-refractivity contribution is -0.216. The van der Waals surface area contributed by atoms with Gasteiger partial charge in [0.15, 0.2) is 6.10 Å². The zero-order valence-electron chi connectivity index (χ0n) is 20.7. The van der Waals surface area contributed by atoms with Crippen LogP contribution in [0.4, 0.5) is 26.3 Å². The van der Waals surface area contributed by atoms with E-state index in [2.05, 4.69) is 4.74 Å². The van der Waals surface area contributed by atoms with Gasteiger partial charge in [-0.15, -0.1) is 0 Å². The summed E-state index contributed by atoms with van der Waals surface area (Å²) < 4.78 is 85.2. The first-order valence-electron chi connectivity index (χ1n) is 12.1. The van der Waals surface area contributed by atoms with Crippen molar-refractivity contribution < 1.29 is 55.9 Å². The molecule has 12 heteroatoms. The van der Waals surface area contributed by atoms with Crippen molar-refractivity contribution in [2.24, 2.45) is 11.8 Å². The molecule has 214 valence electrons. The van der Waals surface area contributed by atoms with Crippen molar-refractivity contribution in [1.29, 1.82) is 0 Å². The molecule has 1 saturated carbocycles. The molecule has 2 rings (SSSR count). The van der Waals surface area contributed by atoms with Gasteiger partial charge in [0.1, 0.15) is 18.5 Å². The molecular weight excluding hydrogens is 522 g/mol. The monoisotopic (exact) mass is 554 g/mol. The van der Waals surface area contributed by atoms with E-state index in [1.165, 1.54) is 24.3 Å². The van der Waals surface area contributed by atoms with Crippen LogP contribution in [0.5, 0.6) is 5.75 Å². The lowest BCUT2D eigenvalue weighted by Gasteiger charge is -2.19. The third-order valence-corrected chi connectivity index (χ3v) is 6.15. The standard InChI is InChI=1S/C26H32F6O6/c1-16(25(27,28)29)38-24(36)10-5-3-2-4-9-20-21(23(35)14-22(20)34)12-11-18(33)15-37-19-8-6-7-17(13-19)26(30,31)32/h2,4,6-8,11-13,16,18,20-23,33-35H,3,5,9-10,14-15H2,1H3/b4-2-,12-11+/t16?,18-,20-,21?,22+,23-/m1/s1. The number of halogens is 6. The first-order chi connectivity index (χ1) is 17.7. The van der Waals surface area contributed by atoms with Crippen LogP contribution < -0.4 is 4.74 Å². The maximum atomic E-state index is 12.8. The number of hydrogen-bond donors (Lipinski definition) is 3. The van der Waals surface area contributed by atoms with Gasteiger partial charge >= 0.3 is 18.3 Å². The minimum atomic E-state index is -4.61. The van der Waals surface area contributed by atoms with Gasteiger partial charge in [0, 0.05) is 18.8 Å². The van der Waals surface area contributed by atoms with Gasteiger partial charge in [-0.1, -0.05) is 30.4 Å². The van der Waals surface area contributed by atoms with Crippen molar-refractivity contribution in [3.05, 3.63) is 54.1 Å². The molecule has 0 bridgehead atoms. The van der Waals surface area contributed by atoms with Gasteiger partial charge in [0.2, 0.25) is 0 Å². The molecule has 0 radical (unpaired) electrons. The molecule has 6 nitrogen and oxygen atoms in total. The van der Waals surface area contributed by atoms with Gasteiger partial charge in [0.05, 0.1) is 17.8 Å². The van der Waals surface area contributed by atoms with Crippen molar-refractivity contribution in [3.8, 4) is 5.75 Å². The largest absolute Gasteiger partial charge is 0.491 e. The fourth-order valence-corrected chi connectivity index (χ4v) is 4.02. The lowest BCUT2D eigenvalue weighted by Crippen LogP contribution is -2.30. The van der Waals surface area contributed by atoms with E-state index in [0.29, 0.717) is 12.8 Å². The minimum absolute atomic E-state index is 0.0604. The first-order valence-corrected chi connectivity index (χ1v) is 12.1. The number of carbonyl (C=O) groups is 1. The maximum absolute atomic E-state index is 12.8. The van der Waals surface area contributed by atoms with Crippen LogP contribution in [0.15, 0.2) is 48.6 Å². The molecular formula is C26H32F6O6. The number of benzene rings is 1. The van der Waals surface area contributed by atoms with E-state index in [1.54, 1.807) is 12.2 Å². The maximum Gasteiger partial charge on any atom is 0.425 e. The highest BCUT2D eigenvalue weighted by atomic mass is 19.4. The summed E-state index contributed by atoms with van der Waals surface area (Å²) in [4.78, 5) is 11.5. The summed E-state index contributed by atoms with van der Waals surface area (Å²) >= 11 is 0. The van der Waals surface area contributed by atoms with Crippen LogP contribution in [-0.4, -0.2) is 58.5 Å². The Bertz CT molecular complexity index is 945. The van der Waals surface area contributed by atoms with Gasteiger partial charge in [-0.05, 0) is 50.3 Å². The quantitative estimate of drug-likeness (QED) is 0.146. The number of aliphatic hydroxyl groups excluding tert-OH is 3. The van der Waals surface area contributed by atoms with Crippen LogP contribution in [0.2, 0.25) is 0 Å². The third-order valence-electron chi connectivity index (χ3n) is 6.15. The molecule has 1 aromatic carbocycles. The Balaban J connectivity index is 1.80. The van der Waals surface area contributed by atoms with Gasteiger partial charge < -0.3 is 24.8 Å². The summed E-state index contributed by atoms with van der Waals surface area (Å²) in [5.41, 5.74) is -0.880. The Morgan fingerprint density at radius 1 is 1.13 bits per heavy atom. The fraction of sp³-hybridized carbons (Fsp3) is 0.577. The van der Waals surface area contributed by atoms with E-state index >= 15 is 0 Å². The van der Waals surface area contributed by atoms with E-state index in [0.717, 1.165) is 19.1 Å². The number of esters is 1. The van der Waals surface area contributed by atoms with Crippen molar-refractivity contribution >= 4 is 5.97 Å². The Kier molecular flexibility index (Phi) is 11.7. The highest BCUT2D eigenvalue weighted by Gasteiger charge is 2.40. The predicted octanol–water partition coefficient (Wildman–Crippen LogP) is 4.97. The van der Waals surface area contributed by atoms with Gasteiger partial charge in [-0.3, -0.25) is 4.79 Å². The van der Waals surface area contributed by atoms with E-state index < -0.39 is 54.2 Å². The van der Waals surface area contributed by atoms with Crippen LogP contribution in [0.1, 0.15) is 44.6 Å². The van der Waals surface area contributed by atoms with Crippen molar-refractivity contribution in [3.63, 3.8) is 0 Å². The molecule has 0 amide bonds. The Labute approximate surface area is 216 Å². The summed E-state index contributed by atoms with van der Waals surface area (Å²) in [5.74, 6) is -1.89. The highest BCUT2D eigenvalue weighted by molar-refractivity contribution is 5.69. The summed E-state index contributed by atoms with van der Waals surface area (Å²) in [5, 5.41) is 30.8. The smallest absolute Gasteiger partial charge is 0.425 e. The number of unbranched alkanes of at least 4 members (excludes halogenated alkanes) is 1. The summed E-state index contributed by atoms with van der Waals surface area (Å²) in [6, 6.07) is 4.24. The zero-order valence-corrected chi connectivity index (χ0v) is 20.7. The average Bonchev–Trinajstić information content (AvgIpc) is 3.09. The molecule has 3 N–H and O–H groups in total. The van der Waals surface area contributed by atoms with Gasteiger partial charge in [0.25, 0.3) is 0 Å². The fourth-order valence-electron chi connectivity index (χ4n) is 4.02. The van der Waals surface area contributed by atoms with Gasteiger partial charge in [-0.2, -0.15) is 26.3 Å². The van der Waals surface area contributed by atoms with Crippen LogP contribution in [0.25, 0.3) is 0 Å². The number of carbonyl (C=O) groups excluding carboxylic acids is 1. The van der Waals surface area contributed by atoms with Crippen LogP contribution in [-0.2, 0) is 15.7 Å². The van der Waals surface area contributed by atoms with Crippen LogP contribution >= 0.6 is 0 Å². The Morgan fingerprint density at radius 3 is 2.50 bits per heavy atom. The topological polar surface area (TPSA) is 96.2 Å². The molecule has 0 saturated heterocycles. The van der Waals surface area contributed by atoms with Crippen molar-refractivity contribution in [2.45, 2.75) is 75.8 Å². The number of hydrogen-bond acceptors (Lipinski definition) is 6. The number of alkyl halides is 6. The molecule has 0 aliphatic heterocycles. The second kappa shape index (κ2) is 14.0. The molecule has 2 unspecified atom stereocenters. The van der Waals surface area contributed by atoms with E-state index in [9.17, 15) is 46.5 Å². The average molecular weight is 555 g/mol. The Morgan fingerprint density at radius 2 is 1.84 bits per heavy atom. The summed E-state index contributed by atoms with van der Waals surface area (Å²) in [7, 11) is 0. The molecule has 1 fully saturated rings. The van der Waals surface area contributed by atoms with Crippen LogP contribution in [0, 0.1) is 11.8 Å². The van der Waals surface area contributed by atoms with E-state index in [1.807, 2.05) is 0 Å². The van der Waals surface area contributed by atoms with Crippen LogP contribution in [0.3, 0.4) is 0 Å². The molecule has 6 atom stereocenters. The zero-order chi connectivity index (χ0) is 28.5. The molecule has 1 aliphatic carbocycles. The second-order valence-electron chi connectivity index (χ2n) is 9.17. The lowest BCUT2D eigenvalue weighted by atomic mass is 9.89. The minimum Gasteiger partial charge on any atom is -0.491 e. The SMILES string of the molecule is CC(OC(=O)CCC/C=C\C[C@@H]1C(/C=C/[C@@H](O)COc2cccc(C(F)(F)F)c2)[C@H](O)C[C@@H]1O)C(F)(F)F. The number of aliphatic hydroxyl groups is 3. The molecule has 0 aromatic heterocycles. The number of ether oxygens (including phenoxy) is 2. The number of allylic oxidation sites excluding steroid dienone is 2. The summed E-state index contributed by atoms with van der Waals surface area (Å²) in [6.45, 7) is 0.435. The highest BCUT2D eigenvalue weighted by Crippen LogP contribution is 2.36.